The van der Waals surface area contributed by atoms with Crippen LogP contribution in [0.5, 0.6) is 0 Å². The second-order valence-corrected chi connectivity index (χ2v) is 7.13. The predicted octanol–water partition coefficient (Wildman–Crippen LogP) is 5.57. The molecule has 1 unspecified atom stereocenters. The molecule has 1 aliphatic rings. The van der Waals surface area contributed by atoms with E-state index in [2.05, 4.69) is 38.1 Å². The highest BCUT2D eigenvalue weighted by Crippen LogP contribution is 2.39. The number of benzene rings is 1. The van der Waals surface area contributed by atoms with E-state index in [1.807, 2.05) is 11.3 Å². The lowest BCUT2D eigenvalue weighted by Crippen LogP contribution is -1.96. The van der Waals surface area contributed by atoms with Crippen molar-refractivity contribution < 1.29 is 0 Å². The van der Waals surface area contributed by atoms with Gasteiger partial charge in [0.1, 0.15) is 0 Å². The molecule has 0 saturated carbocycles. The molecule has 3 rings (SSSR count). The summed E-state index contributed by atoms with van der Waals surface area (Å²) in [6.07, 6.45) is 5.15. The molecule has 0 bridgehead atoms. The first kappa shape index (κ1) is 13.2. The molecule has 1 aliphatic carbocycles. The van der Waals surface area contributed by atoms with Crippen molar-refractivity contribution >= 4 is 22.9 Å². The summed E-state index contributed by atoms with van der Waals surface area (Å²) in [7, 11) is 0. The van der Waals surface area contributed by atoms with Gasteiger partial charge in [0.2, 0.25) is 0 Å². The van der Waals surface area contributed by atoms with Crippen LogP contribution in [0.2, 0.25) is 0 Å². The number of thiophene rings is 1. The Morgan fingerprint density at radius 3 is 2.63 bits per heavy atom. The zero-order valence-corrected chi connectivity index (χ0v) is 13.1. The van der Waals surface area contributed by atoms with E-state index in [1.165, 1.54) is 47.3 Å². The molecule has 100 valence electrons. The standard InChI is InChI=1S/C17H19ClS/c1-11-7-8-14(12(2)9-11)17(18)16-10-13-5-3-4-6-15(13)19-16/h7-10,17H,3-6H2,1-2H3. The van der Waals surface area contributed by atoms with Gasteiger partial charge in [-0.2, -0.15) is 0 Å². The van der Waals surface area contributed by atoms with Crippen molar-refractivity contribution in [1.29, 1.82) is 0 Å². The molecule has 2 heteroatoms. The Kier molecular flexibility index (Phi) is 3.68. The van der Waals surface area contributed by atoms with Crippen molar-refractivity contribution in [3.63, 3.8) is 0 Å². The van der Waals surface area contributed by atoms with Crippen LogP contribution in [0, 0.1) is 13.8 Å². The summed E-state index contributed by atoms with van der Waals surface area (Å²) in [6, 6.07) is 8.90. The van der Waals surface area contributed by atoms with Crippen molar-refractivity contribution in [2.45, 2.75) is 44.9 Å². The van der Waals surface area contributed by atoms with Gasteiger partial charge in [-0.15, -0.1) is 22.9 Å². The average Bonchev–Trinajstić information content (AvgIpc) is 2.81. The van der Waals surface area contributed by atoms with Crippen LogP contribution >= 0.6 is 22.9 Å². The maximum atomic E-state index is 6.72. The minimum absolute atomic E-state index is 0.0104. The fourth-order valence-corrected chi connectivity index (χ4v) is 4.60. The van der Waals surface area contributed by atoms with Gasteiger partial charge in [-0.1, -0.05) is 23.8 Å². The first-order chi connectivity index (χ1) is 9.15. The Balaban J connectivity index is 1.94. The van der Waals surface area contributed by atoms with E-state index in [0.717, 1.165) is 0 Å². The van der Waals surface area contributed by atoms with E-state index in [4.69, 9.17) is 11.6 Å². The molecule has 1 atom stereocenters. The summed E-state index contributed by atoms with van der Waals surface area (Å²) in [4.78, 5) is 2.89. The number of fused-ring (bicyclic) bond motifs is 1. The minimum Gasteiger partial charge on any atom is -0.143 e. The molecule has 1 aromatic heterocycles. The maximum Gasteiger partial charge on any atom is 0.0930 e. The largest absolute Gasteiger partial charge is 0.143 e. The maximum absolute atomic E-state index is 6.72. The normalized spacial score (nSPS) is 16.2. The van der Waals surface area contributed by atoms with Gasteiger partial charge < -0.3 is 0 Å². The van der Waals surface area contributed by atoms with Crippen LogP contribution in [0.15, 0.2) is 24.3 Å². The van der Waals surface area contributed by atoms with Gasteiger partial charge in [0.25, 0.3) is 0 Å². The lowest BCUT2D eigenvalue weighted by atomic mass is 9.98. The minimum atomic E-state index is 0.0104. The number of hydrogen-bond donors (Lipinski definition) is 0. The average molecular weight is 291 g/mol. The molecule has 19 heavy (non-hydrogen) atoms. The van der Waals surface area contributed by atoms with Crippen LogP contribution in [0.1, 0.15) is 50.2 Å². The number of aryl methyl sites for hydroxylation is 4. The molecule has 0 amide bonds. The molecule has 1 heterocycles. The zero-order chi connectivity index (χ0) is 13.4. The van der Waals surface area contributed by atoms with Gasteiger partial charge in [0, 0.05) is 9.75 Å². The Bertz CT molecular complexity index is 574. The molecule has 0 aliphatic heterocycles. The van der Waals surface area contributed by atoms with Gasteiger partial charge in [-0.05, 0) is 62.3 Å². The van der Waals surface area contributed by atoms with Crippen LogP contribution in [0.25, 0.3) is 0 Å². The van der Waals surface area contributed by atoms with Crippen molar-refractivity contribution in [2.75, 3.05) is 0 Å². The van der Waals surface area contributed by atoms with Crippen molar-refractivity contribution in [3.05, 3.63) is 56.3 Å². The van der Waals surface area contributed by atoms with E-state index >= 15 is 0 Å². The van der Waals surface area contributed by atoms with E-state index in [9.17, 15) is 0 Å². The molecular formula is C17H19ClS. The molecule has 0 fully saturated rings. The van der Waals surface area contributed by atoms with Crippen LogP contribution in [0.3, 0.4) is 0 Å². The van der Waals surface area contributed by atoms with Gasteiger partial charge in [-0.25, -0.2) is 0 Å². The number of hydrogen-bond acceptors (Lipinski definition) is 1. The molecule has 0 saturated heterocycles. The number of rotatable bonds is 2. The highest BCUT2D eigenvalue weighted by molar-refractivity contribution is 7.12. The van der Waals surface area contributed by atoms with Crippen LogP contribution in [-0.4, -0.2) is 0 Å². The first-order valence-corrected chi connectivity index (χ1v) is 8.23. The second-order valence-electron chi connectivity index (χ2n) is 5.53. The van der Waals surface area contributed by atoms with Crippen molar-refractivity contribution in [1.82, 2.24) is 0 Å². The summed E-state index contributed by atoms with van der Waals surface area (Å²) in [5.41, 5.74) is 5.40. The predicted molar refractivity (Wildman–Crippen MR) is 84.6 cm³/mol. The summed E-state index contributed by atoms with van der Waals surface area (Å²) in [6.45, 7) is 4.29. The summed E-state index contributed by atoms with van der Waals surface area (Å²) >= 11 is 8.64. The highest BCUT2D eigenvalue weighted by Gasteiger charge is 2.20. The monoisotopic (exact) mass is 290 g/mol. The fourth-order valence-electron chi connectivity index (χ4n) is 2.90. The van der Waals surface area contributed by atoms with E-state index in [1.54, 1.807) is 10.4 Å². The Morgan fingerprint density at radius 2 is 1.89 bits per heavy atom. The fraction of sp³-hybridized carbons (Fsp3) is 0.412. The molecule has 0 nitrogen and oxygen atoms in total. The second kappa shape index (κ2) is 5.30. The van der Waals surface area contributed by atoms with Gasteiger partial charge >= 0.3 is 0 Å². The Labute approximate surface area is 124 Å². The quantitative estimate of drug-likeness (QED) is 0.634. The molecular weight excluding hydrogens is 272 g/mol. The lowest BCUT2D eigenvalue weighted by molar-refractivity contribution is 0.697. The van der Waals surface area contributed by atoms with E-state index < -0.39 is 0 Å². The Morgan fingerprint density at radius 1 is 1.11 bits per heavy atom. The van der Waals surface area contributed by atoms with Gasteiger partial charge in [0.15, 0.2) is 0 Å². The molecule has 2 aromatic rings. The van der Waals surface area contributed by atoms with Crippen LogP contribution in [0.4, 0.5) is 0 Å². The third-order valence-corrected chi connectivity index (χ3v) is 5.87. The molecule has 0 radical (unpaired) electrons. The van der Waals surface area contributed by atoms with Crippen LogP contribution in [-0.2, 0) is 12.8 Å². The van der Waals surface area contributed by atoms with E-state index in [0.29, 0.717) is 0 Å². The molecule has 0 spiro atoms. The van der Waals surface area contributed by atoms with Gasteiger partial charge in [0.05, 0.1) is 5.38 Å². The van der Waals surface area contributed by atoms with Gasteiger partial charge in [-0.3, -0.25) is 0 Å². The zero-order valence-electron chi connectivity index (χ0n) is 11.5. The topological polar surface area (TPSA) is 0 Å². The van der Waals surface area contributed by atoms with Crippen molar-refractivity contribution in [3.8, 4) is 0 Å². The molecule has 1 aromatic carbocycles. The summed E-state index contributed by atoms with van der Waals surface area (Å²) in [5, 5.41) is 0.0104. The lowest BCUT2D eigenvalue weighted by Gasteiger charge is -2.11. The highest BCUT2D eigenvalue weighted by atomic mass is 35.5. The third-order valence-electron chi connectivity index (χ3n) is 3.96. The van der Waals surface area contributed by atoms with E-state index in [-0.39, 0.29) is 5.38 Å². The first-order valence-electron chi connectivity index (χ1n) is 6.98. The SMILES string of the molecule is Cc1ccc(C(Cl)c2cc3c(s2)CCCC3)c(C)c1. The summed E-state index contributed by atoms with van der Waals surface area (Å²) in [5.74, 6) is 0. The number of halogens is 1. The number of alkyl halides is 1. The third kappa shape index (κ3) is 2.59. The Hall–Kier alpha value is -0.790. The summed E-state index contributed by atoms with van der Waals surface area (Å²) < 4.78 is 0. The van der Waals surface area contributed by atoms with Crippen molar-refractivity contribution in [2.24, 2.45) is 0 Å². The molecule has 0 N–H and O–H groups in total. The van der Waals surface area contributed by atoms with Crippen LogP contribution < -0.4 is 0 Å². The smallest absolute Gasteiger partial charge is 0.0930 e.